The van der Waals surface area contributed by atoms with Crippen molar-refractivity contribution in [3.63, 3.8) is 0 Å². The molecule has 15 heavy (non-hydrogen) atoms. The summed E-state index contributed by atoms with van der Waals surface area (Å²) >= 11 is 0. The zero-order chi connectivity index (χ0) is 11.4. The molecule has 0 bridgehead atoms. The Kier molecular flexibility index (Phi) is 3.71. The lowest BCUT2D eigenvalue weighted by atomic mass is 9.99. The molecule has 84 valence electrons. The predicted molar refractivity (Wildman–Crippen MR) is 53.5 cm³/mol. The van der Waals surface area contributed by atoms with E-state index in [4.69, 9.17) is 5.11 Å². The molecule has 1 rings (SSSR count). The molecule has 1 fully saturated rings. The van der Waals surface area contributed by atoms with Gasteiger partial charge >= 0.3 is 12.1 Å². The third kappa shape index (κ3) is 2.71. The summed E-state index contributed by atoms with van der Waals surface area (Å²) in [4.78, 5) is 23.2. The lowest BCUT2D eigenvalue weighted by molar-refractivity contribution is -0.136. The molecule has 1 aliphatic rings. The van der Waals surface area contributed by atoms with Crippen molar-refractivity contribution in [2.75, 3.05) is 20.2 Å². The SMILES string of the molecule is COC(=O)C(C)=C1CCN(C(=O)O)CC1. The first-order valence-electron chi connectivity index (χ1n) is 4.81. The van der Waals surface area contributed by atoms with Crippen molar-refractivity contribution >= 4 is 12.1 Å². The fourth-order valence-electron chi connectivity index (χ4n) is 1.64. The first-order valence-corrected chi connectivity index (χ1v) is 4.81. The lowest BCUT2D eigenvalue weighted by Crippen LogP contribution is -2.35. The fraction of sp³-hybridized carbons (Fsp3) is 0.600. The van der Waals surface area contributed by atoms with E-state index < -0.39 is 6.09 Å². The topological polar surface area (TPSA) is 66.8 Å². The van der Waals surface area contributed by atoms with Gasteiger partial charge in [0.2, 0.25) is 0 Å². The van der Waals surface area contributed by atoms with E-state index in [2.05, 4.69) is 4.74 Å². The van der Waals surface area contributed by atoms with Gasteiger partial charge in [0.05, 0.1) is 7.11 Å². The number of hydrogen-bond acceptors (Lipinski definition) is 3. The number of amides is 1. The largest absolute Gasteiger partial charge is 0.466 e. The first kappa shape index (κ1) is 11.6. The zero-order valence-corrected chi connectivity index (χ0v) is 8.95. The maximum atomic E-state index is 11.2. The molecule has 0 spiro atoms. The Morgan fingerprint density at radius 3 is 2.27 bits per heavy atom. The predicted octanol–water partition coefficient (Wildman–Crippen LogP) is 1.25. The molecule has 0 aliphatic carbocycles. The summed E-state index contributed by atoms with van der Waals surface area (Å²) in [5.74, 6) is -0.325. The maximum Gasteiger partial charge on any atom is 0.407 e. The third-order valence-corrected chi connectivity index (χ3v) is 2.66. The van der Waals surface area contributed by atoms with Gasteiger partial charge in [-0.15, -0.1) is 0 Å². The van der Waals surface area contributed by atoms with Crippen molar-refractivity contribution in [1.82, 2.24) is 4.90 Å². The number of carbonyl (C=O) groups is 2. The average molecular weight is 213 g/mol. The van der Waals surface area contributed by atoms with Gasteiger partial charge in [-0.2, -0.15) is 0 Å². The van der Waals surface area contributed by atoms with E-state index in [1.54, 1.807) is 6.92 Å². The highest BCUT2D eigenvalue weighted by atomic mass is 16.5. The third-order valence-electron chi connectivity index (χ3n) is 2.66. The van der Waals surface area contributed by atoms with E-state index in [1.165, 1.54) is 12.0 Å². The monoisotopic (exact) mass is 213 g/mol. The molecule has 0 saturated carbocycles. The highest BCUT2D eigenvalue weighted by Crippen LogP contribution is 2.20. The van der Waals surface area contributed by atoms with Crippen molar-refractivity contribution in [2.24, 2.45) is 0 Å². The van der Waals surface area contributed by atoms with Gasteiger partial charge in [0.1, 0.15) is 0 Å². The van der Waals surface area contributed by atoms with Gasteiger partial charge in [-0.3, -0.25) is 0 Å². The van der Waals surface area contributed by atoms with Crippen LogP contribution < -0.4 is 0 Å². The minimum atomic E-state index is -0.898. The number of ether oxygens (including phenoxy) is 1. The number of piperidine rings is 1. The molecule has 0 aromatic rings. The number of methoxy groups -OCH3 is 1. The number of hydrogen-bond donors (Lipinski definition) is 1. The molecule has 5 nitrogen and oxygen atoms in total. The van der Waals surface area contributed by atoms with Crippen molar-refractivity contribution in [3.8, 4) is 0 Å². The Labute approximate surface area is 88.3 Å². The van der Waals surface area contributed by atoms with E-state index in [0.717, 1.165) is 5.57 Å². The molecule has 0 aromatic carbocycles. The van der Waals surface area contributed by atoms with Crippen molar-refractivity contribution < 1.29 is 19.4 Å². The summed E-state index contributed by atoms with van der Waals surface area (Å²) in [6.07, 6.45) is 0.338. The molecule has 1 amide bonds. The summed E-state index contributed by atoms with van der Waals surface area (Å²) < 4.78 is 4.61. The highest BCUT2D eigenvalue weighted by molar-refractivity contribution is 5.88. The molecule has 1 aliphatic heterocycles. The van der Waals surface area contributed by atoms with Gasteiger partial charge < -0.3 is 14.7 Å². The Morgan fingerprint density at radius 2 is 1.87 bits per heavy atom. The van der Waals surface area contributed by atoms with Crippen LogP contribution in [0.15, 0.2) is 11.1 Å². The molecule has 1 heterocycles. The van der Waals surface area contributed by atoms with Gasteiger partial charge in [-0.25, -0.2) is 9.59 Å². The summed E-state index contributed by atoms with van der Waals surface area (Å²) in [5.41, 5.74) is 1.61. The molecule has 1 N–H and O–H groups in total. The van der Waals surface area contributed by atoms with Crippen LogP contribution in [0.5, 0.6) is 0 Å². The van der Waals surface area contributed by atoms with Crippen molar-refractivity contribution in [2.45, 2.75) is 19.8 Å². The molecule has 5 heteroatoms. The number of carbonyl (C=O) groups excluding carboxylic acids is 1. The van der Waals surface area contributed by atoms with Crippen LogP contribution in [0.4, 0.5) is 4.79 Å². The Bertz CT molecular complexity index is 299. The minimum Gasteiger partial charge on any atom is -0.466 e. The van der Waals surface area contributed by atoms with Gasteiger partial charge in [0.15, 0.2) is 0 Å². The smallest absolute Gasteiger partial charge is 0.407 e. The van der Waals surface area contributed by atoms with Crippen LogP contribution in [0, 0.1) is 0 Å². The van der Waals surface area contributed by atoms with Crippen LogP contribution in [0.2, 0.25) is 0 Å². The van der Waals surface area contributed by atoms with Gasteiger partial charge in [-0.05, 0) is 19.8 Å². The van der Waals surface area contributed by atoms with Crippen LogP contribution in [-0.2, 0) is 9.53 Å². The molecule has 0 atom stereocenters. The van der Waals surface area contributed by atoms with E-state index in [9.17, 15) is 9.59 Å². The molecule has 0 radical (unpaired) electrons. The van der Waals surface area contributed by atoms with Crippen molar-refractivity contribution in [1.29, 1.82) is 0 Å². The summed E-state index contributed by atoms with van der Waals surface area (Å²) in [6, 6.07) is 0. The molecule has 1 saturated heterocycles. The Morgan fingerprint density at radius 1 is 1.33 bits per heavy atom. The van der Waals surface area contributed by atoms with Crippen LogP contribution >= 0.6 is 0 Å². The van der Waals surface area contributed by atoms with Crippen LogP contribution in [-0.4, -0.2) is 42.3 Å². The maximum absolute atomic E-state index is 11.2. The van der Waals surface area contributed by atoms with Crippen LogP contribution in [0.25, 0.3) is 0 Å². The van der Waals surface area contributed by atoms with Crippen molar-refractivity contribution in [3.05, 3.63) is 11.1 Å². The highest BCUT2D eigenvalue weighted by Gasteiger charge is 2.21. The first-order chi connectivity index (χ1) is 7.06. The summed E-state index contributed by atoms with van der Waals surface area (Å²) in [5, 5.41) is 8.74. The molecule has 0 unspecified atom stereocenters. The number of esters is 1. The van der Waals surface area contributed by atoms with E-state index in [0.29, 0.717) is 31.5 Å². The van der Waals surface area contributed by atoms with E-state index in [-0.39, 0.29) is 5.97 Å². The number of carboxylic acid groups (broad SMARTS) is 1. The number of likely N-dealkylation sites (tertiary alicyclic amines) is 1. The van der Waals surface area contributed by atoms with Gasteiger partial charge in [0.25, 0.3) is 0 Å². The Balaban J connectivity index is 2.64. The number of rotatable bonds is 1. The summed E-state index contributed by atoms with van der Waals surface area (Å²) in [6.45, 7) is 2.63. The lowest BCUT2D eigenvalue weighted by Gasteiger charge is -2.26. The fourth-order valence-corrected chi connectivity index (χ4v) is 1.64. The standard InChI is InChI=1S/C10H15NO4/c1-7(9(12)15-2)8-3-5-11(6-4-8)10(13)14/h3-6H2,1-2H3,(H,13,14). The van der Waals surface area contributed by atoms with Crippen LogP contribution in [0.1, 0.15) is 19.8 Å². The normalized spacial score (nSPS) is 16.1. The summed E-state index contributed by atoms with van der Waals surface area (Å²) in [7, 11) is 1.35. The van der Waals surface area contributed by atoms with E-state index in [1.807, 2.05) is 0 Å². The average Bonchev–Trinajstić information content (AvgIpc) is 2.27. The number of nitrogens with zero attached hydrogens (tertiary/aromatic N) is 1. The second kappa shape index (κ2) is 4.82. The Hall–Kier alpha value is -1.52. The van der Waals surface area contributed by atoms with Gasteiger partial charge in [-0.1, -0.05) is 5.57 Å². The second-order valence-corrected chi connectivity index (χ2v) is 3.49. The quantitative estimate of drug-likeness (QED) is 0.526. The molecule has 0 aromatic heterocycles. The van der Waals surface area contributed by atoms with E-state index >= 15 is 0 Å². The molecular formula is C10H15NO4. The second-order valence-electron chi connectivity index (χ2n) is 3.49. The van der Waals surface area contributed by atoms with Crippen LogP contribution in [0.3, 0.4) is 0 Å². The van der Waals surface area contributed by atoms with Gasteiger partial charge in [0, 0.05) is 18.7 Å². The minimum absolute atomic E-state index is 0.325. The molecular weight excluding hydrogens is 198 g/mol. The zero-order valence-electron chi connectivity index (χ0n) is 8.95.